The number of nitrogens with zero attached hydrogens (tertiary/aromatic N) is 5. The van der Waals surface area contributed by atoms with Gasteiger partial charge >= 0.3 is 6.18 Å². The SMILES string of the molecule is O[C@H](Cn1nnnc1-c1ccccn1)c1ccccc1C(F)(F)F. The number of pyridine rings is 1. The van der Waals surface area contributed by atoms with Gasteiger partial charge in [0.1, 0.15) is 5.69 Å². The second-order valence-corrected chi connectivity index (χ2v) is 5.00. The van der Waals surface area contributed by atoms with Crippen LogP contribution in [0.15, 0.2) is 48.7 Å². The van der Waals surface area contributed by atoms with E-state index in [2.05, 4.69) is 20.5 Å². The van der Waals surface area contributed by atoms with Crippen molar-refractivity contribution in [2.75, 3.05) is 0 Å². The van der Waals surface area contributed by atoms with E-state index in [0.717, 1.165) is 6.07 Å². The Labute approximate surface area is 134 Å². The van der Waals surface area contributed by atoms with Gasteiger partial charge in [-0.3, -0.25) is 4.98 Å². The fourth-order valence-corrected chi connectivity index (χ4v) is 2.31. The molecule has 1 aromatic carbocycles. The van der Waals surface area contributed by atoms with E-state index < -0.39 is 17.8 Å². The highest BCUT2D eigenvalue weighted by atomic mass is 19.4. The first-order valence-corrected chi connectivity index (χ1v) is 6.98. The largest absolute Gasteiger partial charge is 0.416 e. The molecular formula is C15H12F3N5O. The molecule has 124 valence electrons. The second kappa shape index (κ2) is 6.36. The van der Waals surface area contributed by atoms with Gasteiger partial charge in [0.05, 0.1) is 18.2 Å². The van der Waals surface area contributed by atoms with E-state index in [1.54, 1.807) is 24.4 Å². The molecule has 0 fully saturated rings. The maximum Gasteiger partial charge on any atom is 0.416 e. The lowest BCUT2D eigenvalue weighted by Gasteiger charge is -2.17. The number of hydrogen-bond acceptors (Lipinski definition) is 5. The molecule has 0 amide bonds. The van der Waals surface area contributed by atoms with E-state index in [0.29, 0.717) is 5.69 Å². The number of aliphatic hydroxyl groups excluding tert-OH is 1. The second-order valence-electron chi connectivity index (χ2n) is 5.00. The highest BCUT2D eigenvalue weighted by Crippen LogP contribution is 2.35. The average molecular weight is 335 g/mol. The molecule has 3 rings (SSSR count). The van der Waals surface area contributed by atoms with Crippen molar-refractivity contribution in [3.05, 3.63) is 59.8 Å². The molecule has 0 aliphatic rings. The minimum atomic E-state index is -4.55. The van der Waals surface area contributed by atoms with Crippen LogP contribution in [0.5, 0.6) is 0 Å². The van der Waals surface area contributed by atoms with E-state index in [9.17, 15) is 18.3 Å². The third kappa shape index (κ3) is 3.25. The quantitative estimate of drug-likeness (QED) is 0.793. The van der Waals surface area contributed by atoms with Gasteiger partial charge in [-0.1, -0.05) is 24.3 Å². The summed E-state index contributed by atoms with van der Waals surface area (Å²) >= 11 is 0. The Hall–Kier alpha value is -2.81. The maximum absolute atomic E-state index is 13.1. The van der Waals surface area contributed by atoms with Crippen molar-refractivity contribution in [3.8, 4) is 11.5 Å². The normalized spacial score (nSPS) is 13.0. The van der Waals surface area contributed by atoms with E-state index >= 15 is 0 Å². The predicted molar refractivity (Wildman–Crippen MR) is 77.5 cm³/mol. The smallest absolute Gasteiger partial charge is 0.386 e. The van der Waals surface area contributed by atoms with Crippen LogP contribution in [0.4, 0.5) is 13.2 Å². The van der Waals surface area contributed by atoms with Crippen molar-refractivity contribution in [2.24, 2.45) is 0 Å². The van der Waals surface area contributed by atoms with E-state index in [-0.39, 0.29) is 17.9 Å². The van der Waals surface area contributed by atoms with Crippen molar-refractivity contribution in [2.45, 2.75) is 18.8 Å². The van der Waals surface area contributed by atoms with Crippen LogP contribution in [-0.4, -0.2) is 30.3 Å². The van der Waals surface area contributed by atoms with Crippen molar-refractivity contribution in [1.29, 1.82) is 0 Å². The van der Waals surface area contributed by atoms with Gasteiger partial charge in [0.25, 0.3) is 0 Å². The lowest BCUT2D eigenvalue weighted by Crippen LogP contribution is -2.17. The summed E-state index contributed by atoms with van der Waals surface area (Å²) in [6, 6.07) is 9.99. The minimum Gasteiger partial charge on any atom is -0.386 e. The number of aliphatic hydroxyl groups is 1. The maximum atomic E-state index is 13.1. The first-order valence-electron chi connectivity index (χ1n) is 6.98. The van der Waals surface area contributed by atoms with Gasteiger partial charge in [0, 0.05) is 6.20 Å². The lowest BCUT2D eigenvalue weighted by molar-refractivity contribution is -0.139. The topological polar surface area (TPSA) is 76.7 Å². The van der Waals surface area contributed by atoms with Gasteiger partial charge in [-0.2, -0.15) is 13.2 Å². The monoisotopic (exact) mass is 335 g/mol. The van der Waals surface area contributed by atoms with Crippen molar-refractivity contribution in [1.82, 2.24) is 25.2 Å². The van der Waals surface area contributed by atoms with Crippen molar-refractivity contribution in [3.63, 3.8) is 0 Å². The predicted octanol–water partition coefficient (Wildman–Crippen LogP) is 2.49. The summed E-state index contributed by atoms with van der Waals surface area (Å²) in [5, 5.41) is 21.3. The number of benzene rings is 1. The molecule has 2 aromatic heterocycles. The number of rotatable bonds is 4. The number of hydrogen-bond donors (Lipinski definition) is 1. The Morgan fingerprint density at radius 2 is 1.83 bits per heavy atom. The molecule has 6 nitrogen and oxygen atoms in total. The first kappa shape index (κ1) is 16.1. The Kier molecular flexibility index (Phi) is 4.26. The summed E-state index contributed by atoms with van der Waals surface area (Å²) in [7, 11) is 0. The molecule has 0 unspecified atom stereocenters. The highest BCUT2D eigenvalue weighted by Gasteiger charge is 2.34. The minimum absolute atomic E-state index is 0.229. The van der Waals surface area contributed by atoms with Crippen LogP contribution >= 0.6 is 0 Å². The summed E-state index contributed by atoms with van der Waals surface area (Å²) < 4.78 is 40.4. The molecule has 1 N–H and O–H groups in total. The number of tetrazole rings is 1. The van der Waals surface area contributed by atoms with Gasteiger partial charge in [-0.15, -0.1) is 5.10 Å². The zero-order chi connectivity index (χ0) is 17.2. The molecule has 9 heteroatoms. The molecule has 0 aliphatic heterocycles. The molecule has 0 aliphatic carbocycles. The molecular weight excluding hydrogens is 323 g/mol. The van der Waals surface area contributed by atoms with Crippen LogP contribution in [-0.2, 0) is 12.7 Å². The molecule has 1 atom stereocenters. The Bertz CT molecular complexity index is 819. The number of alkyl halides is 3. The van der Waals surface area contributed by atoms with Crippen LogP contribution in [0.3, 0.4) is 0 Å². The summed E-state index contributed by atoms with van der Waals surface area (Å²) in [5.41, 5.74) is -0.656. The van der Waals surface area contributed by atoms with Gasteiger partial charge in [0.2, 0.25) is 5.82 Å². The van der Waals surface area contributed by atoms with Gasteiger partial charge in [-0.05, 0) is 34.2 Å². The van der Waals surface area contributed by atoms with Crippen LogP contribution in [0, 0.1) is 0 Å². The van der Waals surface area contributed by atoms with E-state index in [4.69, 9.17) is 0 Å². The Balaban J connectivity index is 1.90. The van der Waals surface area contributed by atoms with Gasteiger partial charge in [-0.25, -0.2) is 4.68 Å². The zero-order valence-corrected chi connectivity index (χ0v) is 12.2. The van der Waals surface area contributed by atoms with Gasteiger partial charge in [0.15, 0.2) is 0 Å². The Morgan fingerprint density at radius 1 is 1.08 bits per heavy atom. The zero-order valence-electron chi connectivity index (χ0n) is 12.2. The molecule has 0 saturated carbocycles. The number of halogens is 3. The molecule has 0 radical (unpaired) electrons. The fraction of sp³-hybridized carbons (Fsp3) is 0.200. The summed E-state index contributed by atoms with van der Waals surface area (Å²) in [6.07, 6.45) is -4.43. The van der Waals surface area contributed by atoms with Crippen LogP contribution in [0.1, 0.15) is 17.2 Å². The van der Waals surface area contributed by atoms with Crippen LogP contribution < -0.4 is 0 Å². The molecule has 0 saturated heterocycles. The molecule has 3 aromatic rings. The molecule has 2 heterocycles. The van der Waals surface area contributed by atoms with Crippen molar-refractivity contribution >= 4 is 0 Å². The third-order valence-electron chi connectivity index (χ3n) is 3.40. The molecule has 0 bridgehead atoms. The number of aromatic nitrogens is 5. The van der Waals surface area contributed by atoms with Crippen molar-refractivity contribution < 1.29 is 18.3 Å². The third-order valence-corrected chi connectivity index (χ3v) is 3.40. The van der Waals surface area contributed by atoms with E-state index in [1.165, 1.54) is 22.9 Å². The lowest BCUT2D eigenvalue weighted by atomic mass is 10.0. The first-order chi connectivity index (χ1) is 11.5. The molecule has 0 spiro atoms. The van der Waals surface area contributed by atoms with E-state index in [1.807, 2.05) is 0 Å². The van der Waals surface area contributed by atoms with Crippen LogP contribution in [0.25, 0.3) is 11.5 Å². The standard InChI is InChI=1S/C15H12F3N5O/c16-15(17,18)11-6-2-1-5-10(11)13(24)9-23-14(20-21-22-23)12-7-3-4-8-19-12/h1-8,13,24H,9H2/t13-/m1/s1. The Morgan fingerprint density at radius 3 is 2.54 bits per heavy atom. The summed E-state index contributed by atoms with van der Waals surface area (Å²) in [5.74, 6) is 0.263. The summed E-state index contributed by atoms with van der Waals surface area (Å²) in [4.78, 5) is 4.09. The highest BCUT2D eigenvalue weighted by molar-refractivity contribution is 5.47. The van der Waals surface area contributed by atoms with Gasteiger partial charge < -0.3 is 5.11 Å². The fourth-order valence-electron chi connectivity index (χ4n) is 2.31. The van der Waals surface area contributed by atoms with Crippen LogP contribution in [0.2, 0.25) is 0 Å². The molecule has 24 heavy (non-hydrogen) atoms. The average Bonchev–Trinajstić information content (AvgIpc) is 3.03. The summed E-state index contributed by atoms with van der Waals surface area (Å²) in [6.45, 7) is -0.230.